The third-order valence-electron chi connectivity index (χ3n) is 2.17. The Balaban J connectivity index is 2.40. The van der Waals surface area contributed by atoms with E-state index in [-0.39, 0.29) is 16.4 Å². The predicted octanol–water partition coefficient (Wildman–Crippen LogP) is 2.03. The number of carboxylic acids is 1. The Morgan fingerprint density at radius 2 is 2.29 bits per heavy atom. The van der Waals surface area contributed by atoms with E-state index < -0.39 is 12.1 Å². The Morgan fingerprint density at radius 3 is 2.82 bits per heavy atom. The predicted molar refractivity (Wildman–Crippen MR) is 62.3 cm³/mol. The minimum Gasteiger partial charge on any atom is -0.476 e. The zero-order chi connectivity index (χ0) is 12.6. The molecule has 0 radical (unpaired) electrons. The summed E-state index contributed by atoms with van der Waals surface area (Å²) in [6, 6.07) is 1.45. The van der Waals surface area contributed by atoms with Crippen LogP contribution in [-0.4, -0.2) is 21.2 Å². The van der Waals surface area contributed by atoms with E-state index >= 15 is 0 Å². The van der Waals surface area contributed by atoms with Crippen LogP contribution in [0.2, 0.25) is 5.02 Å². The number of anilines is 1. The number of carboxylic acid groups (broad SMARTS) is 1. The minimum atomic E-state index is -1.26. The molecule has 0 aromatic carbocycles. The molecule has 0 amide bonds. The summed E-state index contributed by atoms with van der Waals surface area (Å²) in [6.07, 6.45) is -0.200. The van der Waals surface area contributed by atoms with Gasteiger partial charge in [-0.3, -0.25) is 0 Å². The zero-order valence-corrected chi connectivity index (χ0v) is 9.87. The average Bonchev–Trinajstić information content (AvgIpc) is 2.68. The fourth-order valence-corrected chi connectivity index (χ4v) is 1.74. The van der Waals surface area contributed by atoms with Gasteiger partial charge < -0.3 is 15.7 Å². The van der Waals surface area contributed by atoms with E-state index in [0.717, 1.165) is 0 Å². The van der Waals surface area contributed by atoms with Crippen LogP contribution in [0, 0.1) is 0 Å². The number of aromatic carboxylic acids is 1. The number of aromatic nitrogens is 1. The molecule has 1 aromatic heterocycles. The lowest BCUT2D eigenvalue weighted by Gasteiger charge is -2.10. The summed E-state index contributed by atoms with van der Waals surface area (Å²) in [7, 11) is 0. The van der Waals surface area contributed by atoms with Crippen molar-refractivity contribution in [1.82, 2.24) is 4.98 Å². The molecular weight excluding hydrogens is 269 g/mol. The van der Waals surface area contributed by atoms with Crippen molar-refractivity contribution in [3.05, 3.63) is 22.5 Å². The van der Waals surface area contributed by atoms with Gasteiger partial charge in [0.15, 0.2) is 11.8 Å². The van der Waals surface area contributed by atoms with Crippen molar-refractivity contribution in [1.29, 1.82) is 0 Å². The summed E-state index contributed by atoms with van der Waals surface area (Å²) in [4.78, 5) is 19.8. The number of hydrogen-bond donors (Lipinski definition) is 2. The first-order valence-corrected chi connectivity index (χ1v) is 5.32. The molecule has 8 heteroatoms. The number of rotatable bonds is 2. The third-order valence-corrected chi connectivity index (χ3v) is 2.79. The molecule has 2 heterocycles. The van der Waals surface area contributed by atoms with E-state index in [1.807, 2.05) is 0 Å². The molecule has 1 aliphatic rings. The molecule has 0 bridgehead atoms. The summed E-state index contributed by atoms with van der Waals surface area (Å²) in [5.74, 6) is -1.26. The lowest BCUT2D eigenvalue weighted by Crippen LogP contribution is -2.09. The Labute approximate surface area is 106 Å². The molecule has 1 unspecified atom stereocenters. The first-order chi connectivity index (χ1) is 7.99. The molecule has 0 aliphatic carbocycles. The number of nitrogens with two attached hydrogens (primary N) is 1. The molecular formula is C9H7Cl2N3O3. The second-order valence-corrected chi connectivity index (χ2v) is 4.18. The van der Waals surface area contributed by atoms with Crippen LogP contribution in [0.25, 0.3) is 0 Å². The summed E-state index contributed by atoms with van der Waals surface area (Å²) >= 11 is 11.4. The fourth-order valence-electron chi connectivity index (χ4n) is 1.38. The second-order valence-electron chi connectivity index (χ2n) is 3.37. The maximum atomic E-state index is 10.9. The van der Waals surface area contributed by atoms with Gasteiger partial charge in [-0.15, -0.1) is 0 Å². The van der Waals surface area contributed by atoms with Gasteiger partial charge in [-0.05, 0) is 6.07 Å². The van der Waals surface area contributed by atoms with Crippen molar-refractivity contribution < 1.29 is 14.7 Å². The number of halogens is 2. The van der Waals surface area contributed by atoms with Crippen molar-refractivity contribution in [2.24, 2.45) is 5.16 Å². The highest BCUT2D eigenvalue weighted by Gasteiger charge is 2.26. The van der Waals surface area contributed by atoms with Crippen molar-refractivity contribution in [3.8, 4) is 0 Å². The highest BCUT2D eigenvalue weighted by atomic mass is 35.5. The van der Waals surface area contributed by atoms with Gasteiger partial charge in [0.05, 0.1) is 16.4 Å². The molecule has 3 N–H and O–H groups in total. The molecule has 17 heavy (non-hydrogen) atoms. The van der Waals surface area contributed by atoms with Gasteiger partial charge in [0.25, 0.3) is 0 Å². The van der Waals surface area contributed by atoms with Crippen LogP contribution in [0.3, 0.4) is 0 Å². The number of nitrogens with zero attached hydrogens (tertiary/aromatic N) is 2. The number of hydrogen-bond acceptors (Lipinski definition) is 5. The van der Waals surface area contributed by atoms with E-state index in [4.69, 9.17) is 38.9 Å². The molecule has 0 spiro atoms. The Morgan fingerprint density at radius 1 is 1.59 bits per heavy atom. The van der Waals surface area contributed by atoms with Gasteiger partial charge >= 0.3 is 5.97 Å². The maximum Gasteiger partial charge on any atom is 0.356 e. The number of nitrogen functional groups attached to an aromatic ring is 1. The summed E-state index contributed by atoms with van der Waals surface area (Å²) in [6.45, 7) is 0. The molecule has 2 rings (SSSR count). The van der Waals surface area contributed by atoms with Gasteiger partial charge in [0.2, 0.25) is 0 Å². The van der Waals surface area contributed by atoms with Crippen LogP contribution in [-0.2, 0) is 4.84 Å². The van der Waals surface area contributed by atoms with Crippen molar-refractivity contribution in [3.63, 3.8) is 0 Å². The quantitative estimate of drug-likeness (QED) is 0.861. The summed E-state index contributed by atoms with van der Waals surface area (Å²) in [5, 5.41) is 12.7. The van der Waals surface area contributed by atoms with Crippen molar-refractivity contribution in [2.45, 2.75) is 12.5 Å². The van der Waals surface area contributed by atoms with Gasteiger partial charge in [-0.1, -0.05) is 28.4 Å². The van der Waals surface area contributed by atoms with E-state index in [1.54, 1.807) is 0 Å². The van der Waals surface area contributed by atoms with Crippen molar-refractivity contribution >= 4 is 40.0 Å². The fraction of sp³-hybridized carbons (Fsp3) is 0.222. The monoisotopic (exact) mass is 275 g/mol. The van der Waals surface area contributed by atoms with Gasteiger partial charge in [0.1, 0.15) is 5.17 Å². The molecule has 6 nitrogen and oxygen atoms in total. The topological polar surface area (TPSA) is 97.8 Å². The smallest absolute Gasteiger partial charge is 0.356 e. The molecule has 1 atom stereocenters. The Kier molecular flexibility index (Phi) is 3.08. The maximum absolute atomic E-state index is 10.9. The van der Waals surface area contributed by atoms with Crippen molar-refractivity contribution in [2.75, 3.05) is 5.73 Å². The van der Waals surface area contributed by atoms with Crippen LogP contribution in [0.5, 0.6) is 0 Å². The molecule has 1 aliphatic heterocycles. The van der Waals surface area contributed by atoms with Crippen LogP contribution >= 0.6 is 23.2 Å². The Bertz CT molecular complexity index is 518. The van der Waals surface area contributed by atoms with Crippen LogP contribution < -0.4 is 5.73 Å². The first-order valence-electron chi connectivity index (χ1n) is 4.56. The van der Waals surface area contributed by atoms with Gasteiger partial charge in [-0.2, -0.15) is 0 Å². The largest absolute Gasteiger partial charge is 0.476 e. The lowest BCUT2D eigenvalue weighted by molar-refractivity contribution is 0.0683. The Hall–Kier alpha value is -1.53. The van der Waals surface area contributed by atoms with E-state index in [1.165, 1.54) is 6.07 Å². The normalized spacial score (nSPS) is 18.7. The first kappa shape index (κ1) is 11.9. The number of oxime groups is 1. The second kappa shape index (κ2) is 4.38. The third kappa shape index (κ3) is 2.27. The number of pyridine rings is 1. The highest BCUT2D eigenvalue weighted by molar-refractivity contribution is 6.65. The van der Waals surface area contributed by atoms with Gasteiger partial charge in [-0.25, -0.2) is 9.78 Å². The molecule has 1 aromatic rings. The summed E-state index contributed by atoms with van der Waals surface area (Å²) in [5.41, 5.74) is 5.75. The lowest BCUT2D eigenvalue weighted by atomic mass is 10.1. The number of carbonyl (C=O) groups is 1. The van der Waals surface area contributed by atoms with E-state index in [0.29, 0.717) is 17.3 Å². The zero-order valence-electron chi connectivity index (χ0n) is 8.35. The minimum absolute atomic E-state index is 0.0914. The standard InChI is InChI=1S/C9H7Cl2N3O3/c10-6-2-5(17-14-6)4-1-3(12)7(11)8(13-4)9(15)16/h1,5H,2H2,(H2,12,13)(H,15,16). The van der Waals surface area contributed by atoms with Crippen LogP contribution in [0.15, 0.2) is 11.2 Å². The van der Waals surface area contributed by atoms with Gasteiger partial charge in [0, 0.05) is 6.42 Å². The molecule has 90 valence electrons. The average molecular weight is 276 g/mol. The highest BCUT2D eigenvalue weighted by Crippen LogP contribution is 2.31. The van der Waals surface area contributed by atoms with E-state index in [9.17, 15) is 4.79 Å². The SMILES string of the molecule is Nc1cc(C2CC(Cl)=NO2)nc(C(=O)O)c1Cl. The summed E-state index contributed by atoms with van der Waals surface area (Å²) < 4.78 is 0. The van der Waals surface area contributed by atoms with E-state index in [2.05, 4.69) is 10.1 Å². The van der Waals surface area contributed by atoms with Crippen LogP contribution in [0.4, 0.5) is 5.69 Å². The molecule has 0 saturated carbocycles. The molecule has 0 fully saturated rings. The molecule has 0 saturated heterocycles. The van der Waals surface area contributed by atoms with Crippen LogP contribution in [0.1, 0.15) is 28.7 Å².